The highest BCUT2D eigenvalue weighted by Crippen LogP contribution is 2.31. The molecule has 1 heterocycles. The molecule has 1 amide bonds. The van der Waals surface area contributed by atoms with Crippen molar-refractivity contribution in [1.82, 2.24) is 5.32 Å². The molecule has 0 fully saturated rings. The first-order valence-electron chi connectivity index (χ1n) is 6.34. The van der Waals surface area contributed by atoms with Gasteiger partial charge in [-0.05, 0) is 23.8 Å². The monoisotopic (exact) mass is 282 g/mol. The topological polar surface area (TPSA) is 61.4 Å². The minimum absolute atomic E-state index is 0.0262. The van der Waals surface area contributed by atoms with Gasteiger partial charge in [-0.3, -0.25) is 4.79 Å². The molecule has 1 aliphatic rings. The number of nitrogens with one attached hydrogen (secondary N) is 2. The number of hydrogen-bond donors (Lipinski definition) is 3. The maximum absolute atomic E-state index is 11.8. The van der Waals surface area contributed by atoms with Gasteiger partial charge in [0.15, 0.2) is 0 Å². The van der Waals surface area contributed by atoms with E-state index in [4.69, 9.17) is 11.6 Å². The van der Waals surface area contributed by atoms with Crippen molar-refractivity contribution in [2.24, 2.45) is 0 Å². The van der Waals surface area contributed by atoms with Crippen LogP contribution in [0.15, 0.2) is 18.2 Å². The van der Waals surface area contributed by atoms with Crippen LogP contribution in [0.1, 0.15) is 29.8 Å². The Morgan fingerprint density at radius 1 is 1.53 bits per heavy atom. The molecule has 0 radical (unpaired) electrons. The van der Waals surface area contributed by atoms with Gasteiger partial charge in [-0.25, -0.2) is 0 Å². The van der Waals surface area contributed by atoms with Crippen LogP contribution in [-0.4, -0.2) is 36.1 Å². The van der Waals surface area contributed by atoms with Crippen LogP contribution < -0.4 is 10.6 Å². The summed E-state index contributed by atoms with van der Waals surface area (Å²) in [4.78, 5) is 11.8. The van der Waals surface area contributed by atoms with Crippen molar-refractivity contribution in [2.75, 3.05) is 24.3 Å². The van der Waals surface area contributed by atoms with E-state index in [-0.39, 0.29) is 17.2 Å². The number of benzene rings is 1. The van der Waals surface area contributed by atoms with Crippen LogP contribution in [0.3, 0.4) is 0 Å². The summed E-state index contributed by atoms with van der Waals surface area (Å²) in [5, 5.41) is 15.5. The van der Waals surface area contributed by atoms with Gasteiger partial charge in [-0.2, -0.15) is 0 Å². The molecule has 3 N–H and O–H groups in total. The van der Waals surface area contributed by atoms with E-state index in [0.29, 0.717) is 13.1 Å². The Morgan fingerprint density at radius 2 is 2.26 bits per heavy atom. The molecule has 1 atom stereocenters. The number of rotatable bonds is 4. The van der Waals surface area contributed by atoms with Gasteiger partial charge in [0.2, 0.25) is 0 Å². The zero-order valence-electron chi connectivity index (χ0n) is 11.2. The van der Waals surface area contributed by atoms with Crippen molar-refractivity contribution < 1.29 is 9.90 Å². The van der Waals surface area contributed by atoms with Crippen LogP contribution in [0.4, 0.5) is 5.69 Å². The van der Waals surface area contributed by atoms with Crippen molar-refractivity contribution >= 4 is 23.2 Å². The summed E-state index contributed by atoms with van der Waals surface area (Å²) in [6.07, 6.45) is -0.575. The fraction of sp³-hybridized carbons (Fsp3) is 0.500. The summed E-state index contributed by atoms with van der Waals surface area (Å²) < 4.78 is 0. The van der Waals surface area contributed by atoms with Gasteiger partial charge in [0.05, 0.1) is 12.0 Å². The second-order valence-corrected chi connectivity index (χ2v) is 5.82. The van der Waals surface area contributed by atoms with Gasteiger partial charge in [0.25, 0.3) is 5.91 Å². The maximum Gasteiger partial charge on any atom is 0.251 e. The summed E-state index contributed by atoms with van der Waals surface area (Å²) in [7, 11) is 0. The SMILES string of the molecule is CC1(C)CNC(=O)c2ccc(NCC(O)CCl)cc21. The van der Waals surface area contributed by atoms with Gasteiger partial charge >= 0.3 is 0 Å². The molecule has 2 rings (SSSR count). The van der Waals surface area contributed by atoms with Crippen LogP contribution in [0.25, 0.3) is 0 Å². The smallest absolute Gasteiger partial charge is 0.251 e. The number of carbonyl (C=O) groups is 1. The number of halogens is 1. The number of carbonyl (C=O) groups excluding carboxylic acids is 1. The third-order valence-corrected chi connectivity index (χ3v) is 3.76. The molecule has 1 aromatic carbocycles. The average molecular weight is 283 g/mol. The Balaban J connectivity index is 2.24. The molecule has 1 aromatic rings. The van der Waals surface area contributed by atoms with Crippen LogP contribution in [0.2, 0.25) is 0 Å². The Bertz CT molecular complexity index is 488. The number of alkyl halides is 1. The van der Waals surface area contributed by atoms with Crippen LogP contribution in [0, 0.1) is 0 Å². The van der Waals surface area contributed by atoms with Gasteiger partial charge in [-0.15, -0.1) is 11.6 Å². The predicted octanol–water partition coefficient (Wildman–Crippen LogP) is 1.72. The first-order valence-corrected chi connectivity index (χ1v) is 6.88. The molecule has 0 spiro atoms. The van der Waals surface area contributed by atoms with Crippen molar-refractivity contribution in [1.29, 1.82) is 0 Å². The van der Waals surface area contributed by atoms with Gasteiger partial charge in [-0.1, -0.05) is 13.8 Å². The third kappa shape index (κ3) is 3.01. The fourth-order valence-corrected chi connectivity index (χ4v) is 2.30. The first-order chi connectivity index (χ1) is 8.94. The summed E-state index contributed by atoms with van der Waals surface area (Å²) in [6.45, 7) is 5.23. The standard InChI is InChI=1S/C14H19ClN2O2/c1-14(2)8-17-13(19)11-4-3-9(5-12(11)14)16-7-10(18)6-15/h3-5,10,16,18H,6-8H2,1-2H3,(H,17,19). The lowest BCUT2D eigenvalue weighted by Crippen LogP contribution is -2.43. The van der Waals surface area contributed by atoms with Gasteiger partial charge in [0, 0.05) is 29.8 Å². The minimum Gasteiger partial charge on any atom is -0.390 e. The number of hydrogen-bond acceptors (Lipinski definition) is 3. The molecule has 0 saturated heterocycles. The minimum atomic E-state index is -0.575. The Hall–Kier alpha value is -1.26. The van der Waals surface area contributed by atoms with Crippen LogP contribution in [0.5, 0.6) is 0 Å². The van der Waals surface area contributed by atoms with Crippen LogP contribution >= 0.6 is 11.6 Å². The number of aliphatic hydroxyl groups excluding tert-OH is 1. The molecule has 0 aromatic heterocycles. The number of fused-ring (bicyclic) bond motifs is 1. The molecule has 0 saturated carbocycles. The lowest BCUT2D eigenvalue weighted by molar-refractivity contribution is 0.0930. The van der Waals surface area contributed by atoms with E-state index >= 15 is 0 Å². The highest BCUT2D eigenvalue weighted by molar-refractivity contribution is 6.18. The molecule has 1 unspecified atom stereocenters. The molecule has 104 valence electrons. The Kier molecular flexibility index (Phi) is 4.02. The predicted molar refractivity (Wildman–Crippen MR) is 77.0 cm³/mol. The summed E-state index contributed by atoms with van der Waals surface area (Å²) in [6, 6.07) is 5.65. The highest BCUT2D eigenvalue weighted by atomic mass is 35.5. The van der Waals surface area contributed by atoms with Crippen molar-refractivity contribution in [3.8, 4) is 0 Å². The van der Waals surface area contributed by atoms with Gasteiger partial charge in [0.1, 0.15) is 0 Å². The lowest BCUT2D eigenvalue weighted by atomic mass is 9.79. The van der Waals surface area contributed by atoms with Gasteiger partial charge < -0.3 is 15.7 Å². The van der Waals surface area contributed by atoms with E-state index in [0.717, 1.165) is 16.8 Å². The number of anilines is 1. The zero-order chi connectivity index (χ0) is 14.0. The van der Waals surface area contributed by atoms with Crippen molar-refractivity contribution in [2.45, 2.75) is 25.4 Å². The molecule has 5 heteroatoms. The number of amides is 1. The Morgan fingerprint density at radius 3 is 2.95 bits per heavy atom. The summed E-state index contributed by atoms with van der Waals surface area (Å²) in [5.41, 5.74) is 2.55. The summed E-state index contributed by atoms with van der Waals surface area (Å²) >= 11 is 5.56. The second kappa shape index (κ2) is 5.39. The second-order valence-electron chi connectivity index (χ2n) is 5.52. The molecular formula is C14H19ClN2O2. The number of aliphatic hydroxyl groups is 1. The van der Waals surface area contributed by atoms with E-state index in [2.05, 4.69) is 24.5 Å². The van der Waals surface area contributed by atoms with Crippen molar-refractivity contribution in [3.63, 3.8) is 0 Å². The molecule has 4 nitrogen and oxygen atoms in total. The molecule has 0 bridgehead atoms. The molecule has 1 aliphatic heterocycles. The summed E-state index contributed by atoms with van der Waals surface area (Å²) in [5.74, 6) is 0.174. The largest absolute Gasteiger partial charge is 0.390 e. The average Bonchev–Trinajstić information content (AvgIpc) is 2.40. The molecule has 0 aliphatic carbocycles. The van der Waals surface area contributed by atoms with Crippen LogP contribution in [-0.2, 0) is 5.41 Å². The quantitative estimate of drug-likeness (QED) is 0.737. The molecular weight excluding hydrogens is 264 g/mol. The first kappa shape index (κ1) is 14.2. The molecule has 19 heavy (non-hydrogen) atoms. The van der Waals surface area contributed by atoms with E-state index in [9.17, 15) is 9.90 Å². The normalized spacial score (nSPS) is 18.4. The van der Waals surface area contributed by atoms with E-state index in [1.54, 1.807) is 0 Å². The van der Waals surface area contributed by atoms with E-state index < -0.39 is 6.10 Å². The fourth-order valence-electron chi connectivity index (χ4n) is 2.19. The highest BCUT2D eigenvalue weighted by Gasteiger charge is 2.31. The zero-order valence-corrected chi connectivity index (χ0v) is 11.9. The maximum atomic E-state index is 11.8. The van der Waals surface area contributed by atoms with E-state index in [1.807, 2.05) is 18.2 Å². The Labute approximate surface area is 118 Å². The van der Waals surface area contributed by atoms with Crippen molar-refractivity contribution in [3.05, 3.63) is 29.3 Å². The lowest BCUT2D eigenvalue weighted by Gasteiger charge is -2.32. The third-order valence-electron chi connectivity index (χ3n) is 3.40. The van der Waals surface area contributed by atoms with E-state index in [1.165, 1.54) is 0 Å².